The molecule has 3 heterocycles. The summed E-state index contributed by atoms with van der Waals surface area (Å²) in [6.07, 6.45) is 3.40. The average molecular weight is 487 g/mol. The smallest absolute Gasteiger partial charge is 0.271 e. The number of carbonyl (C=O) groups excluding carboxylic acids is 1. The molecule has 4 rings (SSSR count). The standard InChI is InChI=1S/C24H27ClN4O3S/c1-17-6-7-19(14-21(17)25)29-23(30)9-8-22(27-29)28-11-2-4-18(15-28)24(31)26-10-13-33-16-20-5-3-12-32-20/h3,5-9,12,14,18H,2,4,10-11,13,15-16H2,1H3,(H,26,31)/t18-/m0/s1. The third-order valence-corrected chi connectivity index (χ3v) is 7.06. The average Bonchev–Trinajstić information content (AvgIpc) is 3.34. The predicted octanol–water partition coefficient (Wildman–Crippen LogP) is 4.05. The predicted molar refractivity (Wildman–Crippen MR) is 132 cm³/mol. The third kappa shape index (κ3) is 6.00. The summed E-state index contributed by atoms with van der Waals surface area (Å²) in [7, 11) is 0. The number of amides is 1. The van der Waals surface area contributed by atoms with Crippen molar-refractivity contribution >= 4 is 35.1 Å². The van der Waals surface area contributed by atoms with Crippen molar-refractivity contribution in [1.29, 1.82) is 0 Å². The summed E-state index contributed by atoms with van der Waals surface area (Å²) in [4.78, 5) is 27.2. The van der Waals surface area contributed by atoms with E-state index in [1.54, 1.807) is 30.2 Å². The van der Waals surface area contributed by atoms with Gasteiger partial charge in [0.25, 0.3) is 5.56 Å². The lowest BCUT2D eigenvalue weighted by molar-refractivity contribution is -0.125. The van der Waals surface area contributed by atoms with Crippen molar-refractivity contribution in [2.45, 2.75) is 25.5 Å². The number of nitrogens with zero attached hydrogens (tertiary/aromatic N) is 3. The summed E-state index contributed by atoms with van der Waals surface area (Å²) in [5, 5.41) is 8.21. The molecule has 1 fully saturated rings. The molecular formula is C24H27ClN4O3S. The van der Waals surface area contributed by atoms with Gasteiger partial charge in [0.15, 0.2) is 0 Å². The highest BCUT2D eigenvalue weighted by Gasteiger charge is 2.26. The van der Waals surface area contributed by atoms with Crippen LogP contribution in [0.3, 0.4) is 0 Å². The Morgan fingerprint density at radius 3 is 2.97 bits per heavy atom. The molecule has 0 radical (unpaired) electrons. The first-order chi connectivity index (χ1) is 16.0. The normalized spacial score (nSPS) is 16.1. The Morgan fingerprint density at radius 2 is 2.18 bits per heavy atom. The van der Waals surface area contributed by atoms with Crippen molar-refractivity contribution in [3.05, 3.63) is 75.4 Å². The molecule has 1 saturated heterocycles. The van der Waals surface area contributed by atoms with Crippen LogP contribution in [0.25, 0.3) is 5.69 Å². The molecule has 33 heavy (non-hydrogen) atoms. The van der Waals surface area contributed by atoms with E-state index in [-0.39, 0.29) is 17.4 Å². The number of halogens is 1. The third-order valence-electron chi connectivity index (χ3n) is 5.67. The Morgan fingerprint density at radius 1 is 1.30 bits per heavy atom. The minimum absolute atomic E-state index is 0.0666. The van der Waals surface area contributed by atoms with Crippen LogP contribution in [0.1, 0.15) is 24.2 Å². The molecular weight excluding hydrogens is 460 g/mol. The monoisotopic (exact) mass is 486 g/mol. The molecule has 2 aromatic heterocycles. The number of aromatic nitrogens is 2. The molecule has 1 N–H and O–H groups in total. The summed E-state index contributed by atoms with van der Waals surface area (Å²) in [5.74, 6) is 3.21. The van der Waals surface area contributed by atoms with E-state index in [0.717, 1.165) is 42.2 Å². The molecule has 0 aliphatic carbocycles. The second-order valence-corrected chi connectivity index (χ2v) is 9.60. The Kier molecular flexibility index (Phi) is 7.77. The molecule has 1 aromatic carbocycles. The van der Waals surface area contributed by atoms with Gasteiger partial charge in [-0.05, 0) is 55.7 Å². The second-order valence-electron chi connectivity index (χ2n) is 8.08. The largest absolute Gasteiger partial charge is 0.468 e. The molecule has 0 spiro atoms. The highest BCUT2D eigenvalue weighted by molar-refractivity contribution is 7.98. The van der Waals surface area contributed by atoms with Crippen molar-refractivity contribution in [3.8, 4) is 5.69 Å². The van der Waals surface area contributed by atoms with Gasteiger partial charge in [-0.3, -0.25) is 9.59 Å². The van der Waals surface area contributed by atoms with Crippen LogP contribution >= 0.6 is 23.4 Å². The number of rotatable bonds is 8. The molecule has 9 heteroatoms. The maximum Gasteiger partial charge on any atom is 0.271 e. The first kappa shape index (κ1) is 23.4. The molecule has 174 valence electrons. The van der Waals surface area contributed by atoms with Crippen LogP contribution < -0.4 is 15.8 Å². The van der Waals surface area contributed by atoms with Gasteiger partial charge in [-0.15, -0.1) is 5.10 Å². The molecule has 7 nitrogen and oxygen atoms in total. The maximum absolute atomic E-state index is 12.7. The molecule has 0 unspecified atom stereocenters. The summed E-state index contributed by atoms with van der Waals surface area (Å²) in [6, 6.07) is 12.5. The molecule has 1 amide bonds. The van der Waals surface area contributed by atoms with Crippen molar-refractivity contribution in [2.75, 3.05) is 30.3 Å². The lowest BCUT2D eigenvalue weighted by Crippen LogP contribution is -2.44. The van der Waals surface area contributed by atoms with Crippen LogP contribution in [0.4, 0.5) is 5.82 Å². The maximum atomic E-state index is 12.7. The van der Waals surface area contributed by atoms with Gasteiger partial charge in [0, 0.05) is 36.5 Å². The Bertz CT molecular complexity index is 1150. The number of furan rings is 1. The zero-order valence-corrected chi connectivity index (χ0v) is 20.1. The van der Waals surface area contributed by atoms with Gasteiger partial charge < -0.3 is 14.6 Å². The minimum Gasteiger partial charge on any atom is -0.468 e. The number of benzene rings is 1. The number of hydrogen-bond acceptors (Lipinski definition) is 6. The van der Waals surface area contributed by atoms with E-state index in [4.69, 9.17) is 16.0 Å². The number of hydrogen-bond donors (Lipinski definition) is 1. The van der Waals surface area contributed by atoms with E-state index in [1.807, 2.05) is 31.2 Å². The number of piperidine rings is 1. The van der Waals surface area contributed by atoms with Gasteiger partial charge in [-0.25, -0.2) is 0 Å². The van der Waals surface area contributed by atoms with Crippen molar-refractivity contribution in [3.63, 3.8) is 0 Å². The van der Waals surface area contributed by atoms with Gasteiger partial charge in [0.05, 0.1) is 23.6 Å². The van der Waals surface area contributed by atoms with Gasteiger partial charge in [-0.2, -0.15) is 16.4 Å². The summed E-state index contributed by atoms with van der Waals surface area (Å²) >= 11 is 7.97. The SMILES string of the molecule is Cc1ccc(-n2nc(N3CCC[C@H](C(=O)NCCSCc4ccco4)C3)ccc2=O)cc1Cl. The summed E-state index contributed by atoms with van der Waals surface area (Å²) in [5.41, 5.74) is 1.33. The summed E-state index contributed by atoms with van der Waals surface area (Å²) < 4.78 is 6.68. The van der Waals surface area contributed by atoms with E-state index < -0.39 is 0 Å². The molecule has 0 bridgehead atoms. The van der Waals surface area contributed by atoms with E-state index in [2.05, 4.69) is 15.3 Å². The lowest BCUT2D eigenvalue weighted by Gasteiger charge is -2.33. The molecule has 0 saturated carbocycles. The zero-order chi connectivity index (χ0) is 23.2. The van der Waals surface area contributed by atoms with Crippen LogP contribution in [0.15, 0.2) is 57.9 Å². The fourth-order valence-corrected chi connectivity index (χ4v) is 4.76. The molecule has 1 atom stereocenters. The van der Waals surface area contributed by atoms with E-state index in [0.29, 0.717) is 29.6 Å². The first-order valence-corrected chi connectivity index (χ1v) is 12.5. The summed E-state index contributed by atoms with van der Waals surface area (Å²) in [6.45, 7) is 3.90. The van der Waals surface area contributed by atoms with Crippen LogP contribution in [0, 0.1) is 12.8 Å². The minimum atomic E-state index is -0.225. The fourth-order valence-electron chi connectivity index (χ4n) is 3.83. The highest BCUT2D eigenvalue weighted by atomic mass is 35.5. The van der Waals surface area contributed by atoms with Gasteiger partial charge >= 0.3 is 0 Å². The van der Waals surface area contributed by atoms with Crippen molar-refractivity contribution in [2.24, 2.45) is 5.92 Å². The van der Waals surface area contributed by atoms with E-state index >= 15 is 0 Å². The van der Waals surface area contributed by atoms with Gasteiger partial charge in [-0.1, -0.05) is 17.7 Å². The Balaban J connectivity index is 1.35. The number of carbonyl (C=O) groups is 1. The van der Waals surface area contributed by atoms with E-state index in [1.165, 1.54) is 10.7 Å². The van der Waals surface area contributed by atoms with Gasteiger partial charge in [0.1, 0.15) is 11.6 Å². The van der Waals surface area contributed by atoms with Crippen molar-refractivity contribution in [1.82, 2.24) is 15.1 Å². The van der Waals surface area contributed by atoms with Gasteiger partial charge in [0.2, 0.25) is 5.91 Å². The molecule has 1 aliphatic heterocycles. The van der Waals surface area contributed by atoms with Crippen LogP contribution in [-0.4, -0.2) is 41.1 Å². The second kappa shape index (κ2) is 10.9. The molecule has 3 aromatic rings. The first-order valence-electron chi connectivity index (χ1n) is 11.0. The van der Waals surface area contributed by atoms with E-state index in [9.17, 15) is 9.59 Å². The number of thioether (sulfide) groups is 1. The number of nitrogens with one attached hydrogen (secondary N) is 1. The quantitative estimate of drug-likeness (QED) is 0.484. The zero-order valence-electron chi connectivity index (χ0n) is 18.5. The fraction of sp³-hybridized carbons (Fsp3) is 0.375. The Hall–Kier alpha value is -2.71. The van der Waals surface area contributed by atoms with Crippen LogP contribution in [0.5, 0.6) is 0 Å². The topological polar surface area (TPSA) is 80.4 Å². The number of anilines is 1. The highest BCUT2D eigenvalue weighted by Crippen LogP contribution is 2.23. The van der Waals surface area contributed by atoms with Crippen molar-refractivity contribution < 1.29 is 9.21 Å². The lowest BCUT2D eigenvalue weighted by atomic mass is 9.97. The number of aryl methyl sites for hydroxylation is 1. The van der Waals surface area contributed by atoms with Crippen LogP contribution in [0.2, 0.25) is 5.02 Å². The van der Waals surface area contributed by atoms with Crippen LogP contribution in [-0.2, 0) is 10.5 Å². The Labute approximate surface area is 202 Å². The molecule has 1 aliphatic rings.